The molecule has 0 aliphatic heterocycles. The van der Waals surface area contributed by atoms with Crippen LogP contribution in [0.5, 0.6) is 0 Å². The molecule has 15 heavy (non-hydrogen) atoms. The molecule has 1 rings (SSSR count). The van der Waals surface area contributed by atoms with Crippen LogP contribution in [0.3, 0.4) is 0 Å². The van der Waals surface area contributed by atoms with Crippen molar-refractivity contribution < 1.29 is 18.3 Å². The van der Waals surface area contributed by atoms with Crippen LogP contribution >= 0.6 is 27.5 Å². The topological polar surface area (TPSA) is 39.2 Å². The summed E-state index contributed by atoms with van der Waals surface area (Å²) in [5.41, 5.74) is -0.787. The third kappa shape index (κ3) is 2.43. The van der Waals surface area contributed by atoms with E-state index in [9.17, 15) is 13.6 Å². The molecule has 82 valence electrons. The van der Waals surface area contributed by atoms with E-state index < -0.39 is 23.1 Å². The predicted molar refractivity (Wildman–Crippen MR) is 53.2 cm³/mol. The van der Waals surface area contributed by atoms with Gasteiger partial charge < -0.3 is 4.74 Å². The van der Waals surface area contributed by atoms with Crippen molar-refractivity contribution >= 4 is 33.5 Å². The van der Waals surface area contributed by atoms with E-state index in [1.54, 1.807) is 0 Å². The number of methoxy groups -OCH3 is 1. The molecule has 0 aliphatic carbocycles. The molecule has 0 aromatic carbocycles. The minimum absolute atomic E-state index is 0.149. The summed E-state index contributed by atoms with van der Waals surface area (Å²) in [6.07, 6.45) is -1.76. The van der Waals surface area contributed by atoms with E-state index in [1.807, 2.05) is 0 Å². The highest BCUT2D eigenvalue weighted by atomic mass is 79.9. The molecular formula is C8H5BrClF2NO2. The van der Waals surface area contributed by atoms with Crippen molar-refractivity contribution in [2.45, 2.75) is 6.43 Å². The number of rotatable bonds is 2. The van der Waals surface area contributed by atoms with Crippen molar-refractivity contribution in [3.63, 3.8) is 0 Å². The molecule has 0 bridgehead atoms. The van der Waals surface area contributed by atoms with Crippen molar-refractivity contribution in [1.29, 1.82) is 0 Å². The maximum absolute atomic E-state index is 12.4. The van der Waals surface area contributed by atoms with E-state index >= 15 is 0 Å². The molecule has 0 fully saturated rings. The van der Waals surface area contributed by atoms with E-state index in [0.29, 0.717) is 0 Å². The second kappa shape index (κ2) is 4.85. The number of hydrogen-bond donors (Lipinski definition) is 0. The molecule has 1 aromatic heterocycles. The minimum atomic E-state index is -2.84. The zero-order valence-electron chi connectivity index (χ0n) is 7.43. The molecule has 1 heterocycles. The van der Waals surface area contributed by atoms with Crippen molar-refractivity contribution in [3.8, 4) is 0 Å². The first-order valence-electron chi connectivity index (χ1n) is 3.69. The predicted octanol–water partition coefficient (Wildman–Crippen LogP) is 3.22. The Kier molecular flexibility index (Phi) is 3.98. The van der Waals surface area contributed by atoms with Gasteiger partial charge in [-0.1, -0.05) is 11.6 Å². The van der Waals surface area contributed by atoms with Crippen molar-refractivity contribution in [2.24, 2.45) is 0 Å². The number of alkyl halides is 2. The third-order valence-electron chi connectivity index (χ3n) is 1.60. The summed E-state index contributed by atoms with van der Waals surface area (Å²) in [6, 6.07) is 0. The molecular weight excluding hydrogens is 295 g/mol. The van der Waals surface area contributed by atoms with Crippen LogP contribution in [-0.4, -0.2) is 18.1 Å². The average Bonchev–Trinajstić information content (AvgIpc) is 2.16. The highest BCUT2D eigenvalue weighted by Crippen LogP contribution is 2.32. The Morgan fingerprint density at radius 1 is 1.67 bits per heavy atom. The third-order valence-corrected chi connectivity index (χ3v) is 2.58. The van der Waals surface area contributed by atoms with Gasteiger partial charge in [0, 0.05) is 6.20 Å². The summed E-state index contributed by atoms with van der Waals surface area (Å²) >= 11 is 8.59. The van der Waals surface area contributed by atoms with Gasteiger partial charge in [0.05, 0.1) is 22.2 Å². The summed E-state index contributed by atoms with van der Waals surface area (Å²) in [6.45, 7) is 0. The lowest BCUT2D eigenvalue weighted by Crippen LogP contribution is -2.06. The molecule has 7 heteroatoms. The van der Waals surface area contributed by atoms with Crippen LogP contribution in [0.2, 0.25) is 5.02 Å². The summed E-state index contributed by atoms with van der Waals surface area (Å²) in [5.74, 6) is -0.795. The normalized spacial score (nSPS) is 10.5. The van der Waals surface area contributed by atoms with Gasteiger partial charge in [-0.15, -0.1) is 0 Å². The minimum Gasteiger partial charge on any atom is -0.465 e. The molecule has 0 radical (unpaired) electrons. The lowest BCUT2D eigenvalue weighted by atomic mass is 10.2. The Labute approximate surface area is 97.5 Å². The van der Waals surface area contributed by atoms with Crippen molar-refractivity contribution in [3.05, 3.63) is 26.9 Å². The first-order chi connectivity index (χ1) is 6.99. The molecule has 0 saturated carbocycles. The fraction of sp³-hybridized carbons (Fsp3) is 0.250. The zero-order chi connectivity index (χ0) is 11.6. The standard InChI is InChI=1S/C8H5BrClF2NO2/c1-15-8(14)4-3(9)2-13-6(5(4)10)7(11)12/h2,7H,1H3. The van der Waals surface area contributed by atoms with Crippen LogP contribution in [0.4, 0.5) is 8.78 Å². The molecule has 0 N–H and O–H groups in total. The van der Waals surface area contributed by atoms with Crippen LogP contribution in [0.15, 0.2) is 10.7 Å². The van der Waals surface area contributed by atoms with E-state index in [-0.39, 0.29) is 10.0 Å². The lowest BCUT2D eigenvalue weighted by molar-refractivity contribution is 0.0599. The number of aromatic nitrogens is 1. The van der Waals surface area contributed by atoms with Crippen LogP contribution < -0.4 is 0 Å². The fourth-order valence-electron chi connectivity index (χ4n) is 0.922. The second-order valence-electron chi connectivity index (χ2n) is 2.47. The summed E-state index contributed by atoms with van der Waals surface area (Å²) in [7, 11) is 1.13. The number of halogens is 4. The Bertz CT molecular complexity index is 400. The van der Waals surface area contributed by atoms with E-state index in [2.05, 4.69) is 25.7 Å². The summed E-state index contributed by atoms with van der Waals surface area (Å²) in [5, 5.41) is -0.397. The van der Waals surface area contributed by atoms with Crippen LogP contribution in [0, 0.1) is 0 Å². The van der Waals surface area contributed by atoms with Gasteiger partial charge in [-0.25, -0.2) is 13.6 Å². The fourth-order valence-corrected chi connectivity index (χ4v) is 1.81. The number of esters is 1. The highest BCUT2D eigenvalue weighted by molar-refractivity contribution is 9.10. The second-order valence-corrected chi connectivity index (χ2v) is 3.70. The maximum atomic E-state index is 12.4. The van der Waals surface area contributed by atoms with Gasteiger partial charge in [0.2, 0.25) is 0 Å². The van der Waals surface area contributed by atoms with Gasteiger partial charge in [-0.2, -0.15) is 0 Å². The van der Waals surface area contributed by atoms with Gasteiger partial charge in [-0.3, -0.25) is 4.98 Å². The van der Waals surface area contributed by atoms with Gasteiger partial charge in [0.1, 0.15) is 5.69 Å². The number of carbonyl (C=O) groups is 1. The summed E-state index contributed by atoms with van der Waals surface area (Å²) < 4.78 is 29.4. The van der Waals surface area contributed by atoms with E-state index in [4.69, 9.17) is 11.6 Å². The monoisotopic (exact) mass is 299 g/mol. The molecule has 0 unspecified atom stereocenters. The SMILES string of the molecule is COC(=O)c1c(Br)cnc(C(F)F)c1Cl. The average molecular weight is 300 g/mol. The van der Waals surface area contributed by atoms with Crippen molar-refractivity contribution in [1.82, 2.24) is 4.98 Å². The first kappa shape index (κ1) is 12.3. The number of ether oxygens (including phenoxy) is 1. The largest absolute Gasteiger partial charge is 0.465 e. The molecule has 1 aromatic rings. The van der Waals surface area contributed by atoms with Gasteiger partial charge in [-0.05, 0) is 15.9 Å². The van der Waals surface area contributed by atoms with Gasteiger partial charge in [0.15, 0.2) is 0 Å². The van der Waals surface area contributed by atoms with Crippen LogP contribution in [-0.2, 0) is 4.74 Å². The summed E-state index contributed by atoms with van der Waals surface area (Å²) in [4.78, 5) is 14.6. The number of hydrogen-bond acceptors (Lipinski definition) is 3. The Morgan fingerprint density at radius 3 is 2.73 bits per heavy atom. The zero-order valence-corrected chi connectivity index (χ0v) is 9.77. The number of pyridine rings is 1. The lowest BCUT2D eigenvalue weighted by Gasteiger charge is -2.08. The molecule has 0 atom stereocenters. The van der Waals surface area contributed by atoms with Gasteiger partial charge in [0.25, 0.3) is 6.43 Å². The molecule has 0 amide bonds. The molecule has 0 spiro atoms. The Morgan fingerprint density at radius 2 is 2.27 bits per heavy atom. The van der Waals surface area contributed by atoms with Gasteiger partial charge >= 0.3 is 5.97 Å². The highest BCUT2D eigenvalue weighted by Gasteiger charge is 2.23. The van der Waals surface area contributed by atoms with E-state index in [1.165, 1.54) is 0 Å². The Balaban J connectivity index is 3.36. The first-order valence-corrected chi connectivity index (χ1v) is 4.86. The van der Waals surface area contributed by atoms with Crippen LogP contribution in [0.1, 0.15) is 22.5 Å². The number of nitrogens with zero attached hydrogens (tertiary/aromatic N) is 1. The van der Waals surface area contributed by atoms with Crippen LogP contribution in [0.25, 0.3) is 0 Å². The van der Waals surface area contributed by atoms with E-state index in [0.717, 1.165) is 13.3 Å². The molecule has 3 nitrogen and oxygen atoms in total. The number of carbonyl (C=O) groups excluding carboxylic acids is 1. The maximum Gasteiger partial charge on any atom is 0.340 e. The quantitative estimate of drug-likeness (QED) is 0.787. The molecule has 0 saturated heterocycles. The smallest absolute Gasteiger partial charge is 0.340 e. The molecule has 0 aliphatic rings. The Hall–Kier alpha value is -0.750. The van der Waals surface area contributed by atoms with Crippen molar-refractivity contribution in [2.75, 3.05) is 7.11 Å².